The molecule has 0 bridgehead atoms. The Morgan fingerprint density at radius 1 is 1.21 bits per heavy atom. The minimum atomic E-state index is 0.306. The first kappa shape index (κ1) is 14.3. The molecule has 0 fully saturated rings. The Labute approximate surface area is 92.9 Å². The van der Waals surface area contributed by atoms with E-state index < -0.39 is 0 Å². The average Bonchev–Trinajstić information content (AvgIpc) is 2.16. The van der Waals surface area contributed by atoms with Crippen LogP contribution in [0, 0.1) is 11.8 Å². The van der Waals surface area contributed by atoms with Gasteiger partial charge in [0.2, 0.25) is 0 Å². The minimum Gasteiger partial charge on any atom is -0.396 e. The summed E-state index contributed by atoms with van der Waals surface area (Å²) >= 11 is 1.94. The molecule has 0 heterocycles. The van der Waals surface area contributed by atoms with Crippen molar-refractivity contribution in [2.75, 3.05) is 24.7 Å². The summed E-state index contributed by atoms with van der Waals surface area (Å²) in [6.45, 7) is 10.1. The van der Waals surface area contributed by atoms with Crippen molar-refractivity contribution in [3.8, 4) is 0 Å². The molecule has 0 aromatic rings. The lowest BCUT2D eigenvalue weighted by atomic mass is 10.1. The lowest BCUT2D eigenvalue weighted by molar-refractivity contribution is 0.250. The zero-order valence-corrected chi connectivity index (χ0v) is 10.7. The number of aliphatic hydroxyl groups excluding tert-OH is 1. The number of rotatable bonds is 8. The van der Waals surface area contributed by atoms with Crippen molar-refractivity contribution in [3.05, 3.63) is 0 Å². The summed E-state index contributed by atoms with van der Waals surface area (Å²) in [7, 11) is 0. The molecule has 2 nitrogen and oxygen atoms in total. The molecule has 0 aromatic heterocycles. The van der Waals surface area contributed by atoms with Gasteiger partial charge >= 0.3 is 0 Å². The molecule has 2 atom stereocenters. The second-order valence-electron chi connectivity index (χ2n) is 4.23. The van der Waals surface area contributed by atoms with Crippen LogP contribution in [0.25, 0.3) is 0 Å². The fraction of sp³-hybridized carbons (Fsp3) is 1.00. The van der Waals surface area contributed by atoms with Gasteiger partial charge in [0.1, 0.15) is 0 Å². The second-order valence-corrected chi connectivity index (χ2v) is 5.31. The van der Waals surface area contributed by atoms with E-state index in [-0.39, 0.29) is 0 Å². The monoisotopic (exact) mass is 219 g/mol. The van der Waals surface area contributed by atoms with Gasteiger partial charge in [-0.2, -0.15) is 11.8 Å². The minimum absolute atomic E-state index is 0.306. The van der Waals surface area contributed by atoms with E-state index in [0.29, 0.717) is 24.5 Å². The summed E-state index contributed by atoms with van der Waals surface area (Å²) in [5.74, 6) is 3.32. The Balaban J connectivity index is 3.60. The highest BCUT2D eigenvalue weighted by Crippen LogP contribution is 2.13. The van der Waals surface area contributed by atoms with Gasteiger partial charge in [-0.15, -0.1) is 0 Å². The van der Waals surface area contributed by atoms with Gasteiger partial charge in [0.15, 0.2) is 0 Å². The summed E-state index contributed by atoms with van der Waals surface area (Å²) in [6, 6.07) is 0.607. The third-order valence-corrected chi connectivity index (χ3v) is 3.68. The first-order valence-corrected chi connectivity index (χ1v) is 6.69. The molecule has 0 aliphatic heterocycles. The molecule has 0 aliphatic carbocycles. The predicted molar refractivity (Wildman–Crippen MR) is 65.9 cm³/mol. The van der Waals surface area contributed by atoms with Gasteiger partial charge in [0.05, 0.1) is 0 Å². The first-order valence-electron chi connectivity index (χ1n) is 5.53. The van der Waals surface area contributed by atoms with Crippen LogP contribution in [0.5, 0.6) is 0 Å². The van der Waals surface area contributed by atoms with E-state index in [2.05, 4.69) is 33.0 Å². The number of nitrogens with one attached hydrogen (secondary N) is 1. The van der Waals surface area contributed by atoms with E-state index >= 15 is 0 Å². The third kappa shape index (κ3) is 6.68. The van der Waals surface area contributed by atoms with E-state index in [1.807, 2.05) is 11.8 Å². The van der Waals surface area contributed by atoms with E-state index in [4.69, 9.17) is 5.11 Å². The summed E-state index contributed by atoms with van der Waals surface area (Å²) in [5.41, 5.74) is 0. The van der Waals surface area contributed by atoms with Gasteiger partial charge in [-0.05, 0) is 24.1 Å². The molecular formula is C11H25NOS. The Morgan fingerprint density at radius 3 is 2.29 bits per heavy atom. The number of hydrogen-bond donors (Lipinski definition) is 2. The summed E-state index contributed by atoms with van der Waals surface area (Å²) in [4.78, 5) is 0. The molecule has 0 radical (unpaired) electrons. The first-order chi connectivity index (χ1) is 6.61. The zero-order valence-electron chi connectivity index (χ0n) is 9.92. The van der Waals surface area contributed by atoms with Crippen LogP contribution in [0.1, 0.15) is 27.7 Å². The van der Waals surface area contributed by atoms with E-state index in [9.17, 15) is 0 Å². The molecule has 0 spiro atoms. The van der Waals surface area contributed by atoms with Crippen molar-refractivity contribution in [2.24, 2.45) is 11.8 Å². The summed E-state index contributed by atoms with van der Waals surface area (Å²) < 4.78 is 0. The molecule has 0 aliphatic rings. The lowest BCUT2D eigenvalue weighted by Gasteiger charge is -2.21. The topological polar surface area (TPSA) is 32.3 Å². The van der Waals surface area contributed by atoms with Crippen molar-refractivity contribution in [1.29, 1.82) is 0 Å². The summed E-state index contributed by atoms with van der Waals surface area (Å²) in [5, 5.41) is 12.4. The fourth-order valence-corrected chi connectivity index (χ4v) is 2.60. The smallest absolute Gasteiger partial charge is 0.0464 e. The molecule has 86 valence electrons. The maximum Gasteiger partial charge on any atom is 0.0464 e. The molecule has 14 heavy (non-hydrogen) atoms. The van der Waals surface area contributed by atoms with Gasteiger partial charge in [-0.25, -0.2) is 0 Å². The van der Waals surface area contributed by atoms with Gasteiger partial charge in [-0.3, -0.25) is 0 Å². The number of thioether (sulfide) groups is 1. The van der Waals surface area contributed by atoms with Crippen molar-refractivity contribution >= 4 is 11.8 Å². The lowest BCUT2D eigenvalue weighted by Crippen LogP contribution is -2.36. The Hall–Kier alpha value is 0.270. The van der Waals surface area contributed by atoms with Crippen LogP contribution in [0.4, 0.5) is 0 Å². The summed E-state index contributed by atoms with van der Waals surface area (Å²) in [6.07, 6.45) is 0. The van der Waals surface area contributed by atoms with Crippen LogP contribution < -0.4 is 5.32 Å². The van der Waals surface area contributed by atoms with Crippen molar-refractivity contribution in [2.45, 2.75) is 33.7 Å². The SMILES string of the molecule is CCNC(CSCC(C)CO)C(C)C. The Bertz CT molecular complexity index is 130. The maximum absolute atomic E-state index is 8.88. The highest BCUT2D eigenvalue weighted by Gasteiger charge is 2.12. The quantitative estimate of drug-likeness (QED) is 0.655. The highest BCUT2D eigenvalue weighted by molar-refractivity contribution is 7.99. The molecular weight excluding hydrogens is 194 g/mol. The molecule has 0 aromatic carbocycles. The third-order valence-electron chi connectivity index (χ3n) is 2.28. The molecule has 2 N–H and O–H groups in total. The van der Waals surface area contributed by atoms with Gasteiger partial charge in [0.25, 0.3) is 0 Å². The van der Waals surface area contributed by atoms with Crippen molar-refractivity contribution in [3.63, 3.8) is 0 Å². The molecule has 0 saturated heterocycles. The molecule has 0 rings (SSSR count). The van der Waals surface area contributed by atoms with Gasteiger partial charge < -0.3 is 10.4 Å². The second kappa shape index (κ2) is 8.57. The molecule has 2 unspecified atom stereocenters. The van der Waals surface area contributed by atoms with Crippen LogP contribution in [-0.4, -0.2) is 35.8 Å². The van der Waals surface area contributed by atoms with Crippen molar-refractivity contribution < 1.29 is 5.11 Å². The van der Waals surface area contributed by atoms with E-state index in [0.717, 1.165) is 18.1 Å². The zero-order chi connectivity index (χ0) is 11.0. The Morgan fingerprint density at radius 2 is 1.86 bits per heavy atom. The molecule has 0 saturated carbocycles. The van der Waals surface area contributed by atoms with Gasteiger partial charge in [0, 0.05) is 18.4 Å². The van der Waals surface area contributed by atoms with Crippen LogP contribution in [0.3, 0.4) is 0 Å². The number of aliphatic hydroxyl groups is 1. The number of hydrogen-bond acceptors (Lipinski definition) is 3. The Kier molecular flexibility index (Phi) is 8.73. The highest BCUT2D eigenvalue weighted by atomic mass is 32.2. The largest absolute Gasteiger partial charge is 0.396 e. The fourth-order valence-electron chi connectivity index (χ4n) is 1.20. The predicted octanol–water partition coefficient (Wildman–Crippen LogP) is 1.98. The van der Waals surface area contributed by atoms with Crippen LogP contribution in [-0.2, 0) is 0 Å². The van der Waals surface area contributed by atoms with Gasteiger partial charge in [-0.1, -0.05) is 27.7 Å². The molecule has 0 amide bonds. The standard InChI is InChI=1S/C11H25NOS/c1-5-12-11(9(2)3)8-14-7-10(4)6-13/h9-13H,5-8H2,1-4H3. The van der Waals surface area contributed by atoms with Crippen LogP contribution in [0.2, 0.25) is 0 Å². The average molecular weight is 219 g/mol. The maximum atomic E-state index is 8.88. The van der Waals surface area contributed by atoms with Crippen LogP contribution >= 0.6 is 11.8 Å². The molecule has 3 heteroatoms. The van der Waals surface area contributed by atoms with E-state index in [1.165, 1.54) is 0 Å². The normalized spacial score (nSPS) is 15.9. The van der Waals surface area contributed by atoms with Crippen molar-refractivity contribution in [1.82, 2.24) is 5.32 Å². The van der Waals surface area contributed by atoms with Crippen LogP contribution in [0.15, 0.2) is 0 Å². The van der Waals surface area contributed by atoms with E-state index in [1.54, 1.807) is 0 Å².